The average molecular weight is 335 g/mol. The van der Waals surface area contributed by atoms with Crippen molar-refractivity contribution >= 4 is 5.91 Å². The fourth-order valence-corrected chi connectivity index (χ4v) is 2.76. The van der Waals surface area contributed by atoms with Crippen LogP contribution in [0.25, 0.3) is 0 Å². The highest BCUT2D eigenvalue weighted by atomic mass is 19.4. The molecule has 0 aromatic rings. The van der Waals surface area contributed by atoms with Crippen LogP contribution in [-0.4, -0.2) is 65.8 Å². The zero-order valence-corrected chi connectivity index (χ0v) is 13.5. The van der Waals surface area contributed by atoms with E-state index in [1.165, 1.54) is 0 Å². The number of carbonyl (C=O) groups is 1. The van der Waals surface area contributed by atoms with Crippen LogP contribution in [-0.2, 0) is 4.79 Å². The Labute approximate surface area is 134 Å². The van der Waals surface area contributed by atoms with Crippen LogP contribution in [0.1, 0.15) is 26.7 Å². The number of aliphatic hydroxyl groups is 1. The van der Waals surface area contributed by atoms with E-state index in [-0.39, 0.29) is 31.2 Å². The summed E-state index contributed by atoms with van der Waals surface area (Å²) in [6.45, 7) is 5.27. The quantitative estimate of drug-likeness (QED) is 0.801. The summed E-state index contributed by atoms with van der Waals surface area (Å²) in [5, 5.41) is 18.1. The van der Waals surface area contributed by atoms with Gasteiger partial charge in [0.05, 0.1) is 18.5 Å². The molecular formula is C15H24F3N3O2. The van der Waals surface area contributed by atoms with Crippen molar-refractivity contribution in [2.75, 3.05) is 32.7 Å². The smallest absolute Gasteiger partial charge is 0.383 e. The minimum atomic E-state index is -4.59. The van der Waals surface area contributed by atoms with Gasteiger partial charge < -0.3 is 10.0 Å². The summed E-state index contributed by atoms with van der Waals surface area (Å²) in [6, 6.07) is 2.08. The number of piperidine rings is 1. The summed E-state index contributed by atoms with van der Waals surface area (Å²) in [6.07, 6.45) is -6.44. The number of halogens is 3. The SMILES string of the molecule is CCN(CC(C)C#N)C(=O)CN1CCC(C(O)C(F)(F)F)CC1. The predicted octanol–water partition coefficient (Wildman–Crippen LogP) is 1.63. The Kier molecular flexibility index (Phi) is 7.29. The van der Waals surface area contributed by atoms with Gasteiger partial charge in [-0.25, -0.2) is 0 Å². The molecule has 0 aromatic heterocycles. The Bertz CT molecular complexity index is 429. The van der Waals surface area contributed by atoms with Gasteiger partial charge in [-0.2, -0.15) is 18.4 Å². The fourth-order valence-electron chi connectivity index (χ4n) is 2.76. The van der Waals surface area contributed by atoms with Gasteiger partial charge in [0.15, 0.2) is 6.10 Å². The second-order valence-electron chi connectivity index (χ2n) is 6.06. The normalized spacial score (nSPS) is 19.9. The first-order valence-corrected chi connectivity index (χ1v) is 7.83. The second-order valence-corrected chi connectivity index (χ2v) is 6.06. The van der Waals surface area contributed by atoms with E-state index in [9.17, 15) is 23.1 Å². The van der Waals surface area contributed by atoms with Crippen LogP contribution in [0.15, 0.2) is 0 Å². The third-order valence-electron chi connectivity index (χ3n) is 4.22. The van der Waals surface area contributed by atoms with Crippen molar-refractivity contribution in [3.8, 4) is 6.07 Å². The van der Waals surface area contributed by atoms with Crippen LogP contribution in [0.3, 0.4) is 0 Å². The van der Waals surface area contributed by atoms with E-state index in [2.05, 4.69) is 6.07 Å². The number of nitrogens with zero attached hydrogens (tertiary/aromatic N) is 3. The van der Waals surface area contributed by atoms with Crippen LogP contribution < -0.4 is 0 Å². The molecular weight excluding hydrogens is 311 g/mol. The summed E-state index contributed by atoms with van der Waals surface area (Å²) in [5.41, 5.74) is 0. The molecule has 2 atom stereocenters. The van der Waals surface area contributed by atoms with E-state index < -0.39 is 18.2 Å². The molecule has 2 unspecified atom stereocenters. The molecule has 1 amide bonds. The van der Waals surface area contributed by atoms with Crippen LogP contribution in [0.4, 0.5) is 13.2 Å². The molecule has 0 aliphatic carbocycles. The summed E-state index contributed by atoms with van der Waals surface area (Å²) in [4.78, 5) is 15.6. The summed E-state index contributed by atoms with van der Waals surface area (Å²) in [5.74, 6) is -1.18. The molecule has 8 heteroatoms. The molecule has 0 aromatic carbocycles. The molecule has 132 valence electrons. The van der Waals surface area contributed by atoms with E-state index in [1.807, 2.05) is 11.8 Å². The van der Waals surface area contributed by atoms with E-state index in [0.717, 1.165) is 0 Å². The van der Waals surface area contributed by atoms with Crippen molar-refractivity contribution in [3.63, 3.8) is 0 Å². The Hall–Kier alpha value is -1.33. The Morgan fingerprint density at radius 2 is 2.00 bits per heavy atom. The summed E-state index contributed by atoms with van der Waals surface area (Å²) < 4.78 is 37.5. The van der Waals surface area contributed by atoms with Gasteiger partial charge in [0, 0.05) is 13.1 Å². The molecule has 1 fully saturated rings. The minimum Gasteiger partial charge on any atom is -0.383 e. The van der Waals surface area contributed by atoms with Crippen molar-refractivity contribution in [3.05, 3.63) is 0 Å². The van der Waals surface area contributed by atoms with Gasteiger partial charge in [0.1, 0.15) is 0 Å². The molecule has 1 aliphatic rings. The van der Waals surface area contributed by atoms with E-state index in [4.69, 9.17) is 5.26 Å². The minimum absolute atomic E-state index is 0.121. The van der Waals surface area contributed by atoms with Crippen molar-refractivity contribution in [2.45, 2.75) is 39.0 Å². The standard InChI is InChI=1S/C15H24F3N3O2/c1-3-21(9-11(2)8-19)13(22)10-20-6-4-12(5-7-20)14(23)15(16,17)18/h11-12,14,23H,3-7,9-10H2,1-2H3. The summed E-state index contributed by atoms with van der Waals surface area (Å²) >= 11 is 0. The second kappa shape index (κ2) is 8.50. The number of likely N-dealkylation sites (tertiary alicyclic amines) is 1. The van der Waals surface area contributed by atoms with Crippen LogP contribution in [0.5, 0.6) is 0 Å². The lowest BCUT2D eigenvalue weighted by Crippen LogP contribution is -2.47. The Morgan fingerprint density at radius 3 is 2.43 bits per heavy atom. The third kappa shape index (κ3) is 5.99. The topological polar surface area (TPSA) is 67.6 Å². The number of alkyl halides is 3. The Morgan fingerprint density at radius 1 is 1.43 bits per heavy atom. The average Bonchev–Trinajstić information content (AvgIpc) is 2.51. The largest absolute Gasteiger partial charge is 0.414 e. The van der Waals surface area contributed by atoms with E-state index in [0.29, 0.717) is 26.2 Å². The van der Waals surface area contributed by atoms with E-state index in [1.54, 1.807) is 11.8 Å². The predicted molar refractivity (Wildman–Crippen MR) is 78.3 cm³/mol. The van der Waals surface area contributed by atoms with Gasteiger partial charge in [0.25, 0.3) is 0 Å². The number of amides is 1. The molecule has 23 heavy (non-hydrogen) atoms. The van der Waals surface area contributed by atoms with Gasteiger partial charge in [-0.3, -0.25) is 9.69 Å². The fraction of sp³-hybridized carbons (Fsp3) is 0.867. The van der Waals surface area contributed by atoms with Crippen LogP contribution in [0, 0.1) is 23.2 Å². The first-order valence-electron chi connectivity index (χ1n) is 7.83. The van der Waals surface area contributed by atoms with Crippen molar-refractivity contribution in [1.29, 1.82) is 5.26 Å². The number of likely N-dealkylation sites (N-methyl/N-ethyl adjacent to an activating group) is 1. The van der Waals surface area contributed by atoms with Crippen molar-refractivity contribution in [2.24, 2.45) is 11.8 Å². The molecule has 1 heterocycles. The number of carbonyl (C=O) groups excluding carboxylic acids is 1. The molecule has 0 saturated carbocycles. The maximum atomic E-state index is 12.5. The maximum Gasteiger partial charge on any atom is 0.414 e. The van der Waals surface area contributed by atoms with Gasteiger partial charge >= 0.3 is 6.18 Å². The highest BCUT2D eigenvalue weighted by Crippen LogP contribution is 2.31. The van der Waals surface area contributed by atoms with Crippen molar-refractivity contribution < 1.29 is 23.1 Å². The lowest BCUT2D eigenvalue weighted by atomic mass is 9.91. The molecule has 0 spiro atoms. The zero-order chi connectivity index (χ0) is 17.6. The first-order chi connectivity index (χ1) is 10.7. The zero-order valence-electron chi connectivity index (χ0n) is 13.5. The monoisotopic (exact) mass is 335 g/mol. The molecule has 1 saturated heterocycles. The Balaban J connectivity index is 2.46. The molecule has 0 bridgehead atoms. The van der Waals surface area contributed by atoms with Gasteiger partial charge in [-0.05, 0) is 45.7 Å². The highest BCUT2D eigenvalue weighted by Gasteiger charge is 2.44. The molecule has 0 radical (unpaired) electrons. The lowest BCUT2D eigenvalue weighted by Gasteiger charge is -2.35. The molecule has 1 N–H and O–H groups in total. The number of rotatable bonds is 6. The number of aliphatic hydroxyl groups excluding tert-OH is 1. The number of hydrogen-bond donors (Lipinski definition) is 1. The highest BCUT2D eigenvalue weighted by molar-refractivity contribution is 5.78. The van der Waals surface area contributed by atoms with E-state index >= 15 is 0 Å². The van der Waals surface area contributed by atoms with Crippen molar-refractivity contribution in [1.82, 2.24) is 9.80 Å². The van der Waals surface area contributed by atoms with Crippen LogP contribution >= 0.6 is 0 Å². The summed E-state index contributed by atoms with van der Waals surface area (Å²) in [7, 11) is 0. The third-order valence-corrected chi connectivity index (χ3v) is 4.22. The van der Waals surface area contributed by atoms with Crippen LogP contribution in [0.2, 0.25) is 0 Å². The van der Waals surface area contributed by atoms with Gasteiger partial charge in [-0.15, -0.1) is 0 Å². The molecule has 5 nitrogen and oxygen atoms in total. The van der Waals surface area contributed by atoms with Gasteiger partial charge in [-0.1, -0.05) is 0 Å². The first kappa shape index (κ1) is 19.7. The lowest BCUT2D eigenvalue weighted by molar-refractivity contribution is -0.223. The maximum absolute atomic E-state index is 12.5. The number of nitriles is 1. The molecule has 1 aliphatic heterocycles. The number of hydrogen-bond acceptors (Lipinski definition) is 4. The van der Waals surface area contributed by atoms with Gasteiger partial charge in [0.2, 0.25) is 5.91 Å². The molecule has 1 rings (SSSR count).